The number of aryl methyl sites for hydroxylation is 1. The monoisotopic (exact) mass is 265 g/mol. The molecule has 2 aromatic rings. The number of amides is 1. The lowest BCUT2D eigenvalue weighted by molar-refractivity contribution is 0.100. The molecule has 0 bridgehead atoms. The molecule has 0 spiro atoms. The number of hydrogen-bond donors (Lipinski definition) is 2. The number of halogens is 1. The van der Waals surface area contributed by atoms with Crippen LogP contribution in [0.1, 0.15) is 20.2 Å². The van der Waals surface area contributed by atoms with E-state index >= 15 is 0 Å². The molecule has 1 aromatic heterocycles. The third kappa shape index (κ3) is 2.84. The molecule has 1 aromatic carbocycles. The van der Waals surface area contributed by atoms with Crippen LogP contribution in [0.15, 0.2) is 24.4 Å². The van der Waals surface area contributed by atoms with Crippen molar-refractivity contribution in [2.75, 3.05) is 5.32 Å². The summed E-state index contributed by atoms with van der Waals surface area (Å²) >= 11 is 1.54. The molecular weight excluding hydrogens is 253 g/mol. The number of rotatable bonds is 4. The summed E-state index contributed by atoms with van der Waals surface area (Å²) in [6.45, 7) is 2.37. The Bertz CT molecular complexity index is 582. The average molecular weight is 265 g/mol. The topological polar surface area (TPSA) is 68.0 Å². The van der Waals surface area contributed by atoms with Crippen LogP contribution in [0.25, 0.3) is 0 Å². The molecule has 0 saturated heterocycles. The van der Waals surface area contributed by atoms with Crippen LogP contribution < -0.4 is 11.1 Å². The van der Waals surface area contributed by atoms with E-state index in [0.717, 1.165) is 9.88 Å². The van der Waals surface area contributed by atoms with Crippen molar-refractivity contribution in [1.82, 2.24) is 4.98 Å². The number of anilines is 1. The highest BCUT2D eigenvalue weighted by Gasteiger charge is 2.07. The number of nitrogens with zero attached hydrogens (tertiary/aromatic N) is 1. The Morgan fingerprint density at radius 1 is 1.56 bits per heavy atom. The number of carbonyl (C=O) groups excluding carboxylic acids is 1. The highest BCUT2D eigenvalue weighted by atomic mass is 32.1. The Hall–Kier alpha value is -1.95. The number of nitrogens with two attached hydrogens (primary N) is 1. The molecule has 4 nitrogen and oxygen atoms in total. The molecule has 1 heterocycles. The first-order valence-corrected chi connectivity index (χ1v) is 6.12. The fourth-order valence-electron chi connectivity index (χ4n) is 1.48. The van der Waals surface area contributed by atoms with Crippen molar-refractivity contribution < 1.29 is 9.18 Å². The highest BCUT2D eigenvalue weighted by Crippen LogP contribution is 2.18. The molecule has 0 unspecified atom stereocenters. The summed E-state index contributed by atoms with van der Waals surface area (Å²) in [5, 5.41) is 3.88. The first kappa shape index (κ1) is 12.5. The van der Waals surface area contributed by atoms with Crippen molar-refractivity contribution in [2.24, 2.45) is 5.73 Å². The molecule has 3 N–H and O–H groups in total. The Kier molecular flexibility index (Phi) is 3.57. The summed E-state index contributed by atoms with van der Waals surface area (Å²) in [5.74, 6) is -0.993. The molecule has 1 amide bonds. The number of hydrogen-bond acceptors (Lipinski definition) is 4. The quantitative estimate of drug-likeness (QED) is 0.891. The van der Waals surface area contributed by atoms with Crippen LogP contribution >= 0.6 is 11.3 Å². The molecule has 0 aliphatic heterocycles. The van der Waals surface area contributed by atoms with Gasteiger partial charge in [-0.05, 0) is 25.1 Å². The van der Waals surface area contributed by atoms with Crippen LogP contribution in [0.5, 0.6) is 0 Å². The van der Waals surface area contributed by atoms with Crippen molar-refractivity contribution in [1.29, 1.82) is 0 Å². The lowest BCUT2D eigenvalue weighted by Crippen LogP contribution is -2.12. The van der Waals surface area contributed by atoms with E-state index in [4.69, 9.17) is 5.73 Å². The summed E-state index contributed by atoms with van der Waals surface area (Å²) in [6, 6.07) is 3.99. The van der Waals surface area contributed by atoms with Crippen LogP contribution in [0, 0.1) is 12.7 Å². The van der Waals surface area contributed by atoms with Crippen LogP contribution in [0.3, 0.4) is 0 Å². The van der Waals surface area contributed by atoms with E-state index < -0.39 is 11.7 Å². The molecule has 0 saturated carbocycles. The van der Waals surface area contributed by atoms with Crippen molar-refractivity contribution in [3.8, 4) is 0 Å². The minimum atomic E-state index is -0.577. The van der Waals surface area contributed by atoms with Gasteiger partial charge in [0.15, 0.2) is 0 Å². The molecule has 18 heavy (non-hydrogen) atoms. The molecule has 6 heteroatoms. The maximum absolute atomic E-state index is 13.5. The zero-order valence-corrected chi connectivity index (χ0v) is 10.6. The molecule has 0 radical (unpaired) electrons. The van der Waals surface area contributed by atoms with E-state index in [1.807, 2.05) is 6.92 Å². The van der Waals surface area contributed by atoms with Gasteiger partial charge in [0.05, 0.1) is 17.2 Å². The predicted octanol–water partition coefficient (Wildman–Crippen LogP) is 2.30. The zero-order chi connectivity index (χ0) is 13.1. The number of benzene rings is 1. The van der Waals surface area contributed by atoms with Gasteiger partial charge >= 0.3 is 0 Å². The third-order valence-electron chi connectivity index (χ3n) is 2.37. The van der Waals surface area contributed by atoms with Crippen molar-refractivity contribution >= 4 is 22.9 Å². The highest BCUT2D eigenvalue weighted by molar-refractivity contribution is 7.11. The third-order valence-corrected chi connectivity index (χ3v) is 3.29. The Morgan fingerprint density at radius 3 is 2.94 bits per heavy atom. The summed E-state index contributed by atoms with van der Waals surface area (Å²) in [4.78, 5) is 16.1. The summed E-state index contributed by atoms with van der Waals surface area (Å²) < 4.78 is 13.5. The fourth-order valence-corrected chi connectivity index (χ4v) is 2.22. The van der Waals surface area contributed by atoms with E-state index in [-0.39, 0.29) is 11.3 Å². The van der Waals surface area contributed by atoms with Crippen molar-refractivity contribution in [2.45, 2.75) is 13.5 Å². The van der Waals surface area contributed by atoms with Gasteiger partial charge in [0.1, 0.15) is 5.82 Å². The molecule has 94 valence electrons. The molecule has 0 aliphatic rings. The van der Waals surface area contributed by atoms with Gasteiger partial charge in [0, 0.05) is 16.6 Å². The smallest absolute Gasteiger partial charge is 0.248 e. The van der Waals surface area contributed by atoms with Crippen LogP contribution in [-0.2, 0) is 6.54 Å². The van der Waals surface area contributed by atoms with Crippen LogP contribution in [-0.4, -0.2) is 10.9 Å². The fraction of sp³-hybridized carbons (Fsp3) is 0.167. The van der Waals surface area contributed by atoms with Crippen molar-refractivity contribution in [3.05, 3.63) is 45.7 Å². The summed E-state index contributed by atoms with van der Waals surface area (Å²) in [7, 11) is 0. The van der Waals surface area contributed by atoms with E-state index in [2.05, 4.69) is 10.3 Å². The number of carbonyl (C=O) groups is 1. The maximum Gasteiger partial charge on any atom is 0.248 e. The Morgan fingerprint density at radius 2 is 2.33 bits per heavy atom. The lowest BCUT2D eigenvalue weighted by atomic mass is 10.2. The average Bonchev–Trinajstić information content (AvgIpc) is 2.74. The molecule has 0 aliphatic carbocycles. The van der Waals surface area contributed by atoms with Gasteiger partial charge in [-0.2, -0.15) is 0 Å². The Labute approximate surface area is 108 Å². The number of aromatic nitrogens is 1. The SMILES string of the molecule is Cc1ncc(CNc2cc(C(N)=O)ccc2F)s1. The molecule has 2 rings (SSSR count). The predicted molar refractivity (Wildman–Crippen MR) is 69.1 cm³/mol. The number of thiazole rings is 1. The van der Waals surface area contributed by atoms with E-state index in [9.17, 15) is 9.18 Å². The number of nitrogens with one attached hydrogen (secondary N) is 1. The van der Waals surface area contributed by atoms with Crippen LogP contribution in [0.4, 0.5) is 10.1 Å². The van der Waals surface area contributed by atoms with Gasteiger partial charge in [-0.3, -0.25) is 4.79 Å². The second kappa shape index (κ2) is 5.14. The van der Waals surface area contributed by atoms with Crippen molar-refractivity contribution in [3.63, 3.8) is 0 Å². The van der Waals surface area contributed by atoms with Gasteiger partial charge in [-0.15, -0.1) is 11.3 Å². The second-order valence-corrected chi connectivity index (χ2v) is 5.08. The maximum atomic E-state index is 13.5. The Balaban J connectivity index is 2.13. The second-order valence-electron chi connectivity index (χ2n) is 3.76. The first-order chi connectivity index (χ1) is 8.56. The van der Waals surface area contributed by atoms with Gasteiger partial charge in [-0.25, -0.2) is 9.37 Å². The summed E-state index contributed by atoms with van der Waals surface area (Å²) in [5.41, 5.74) is 5.68. The minimum absolute atomic E-state index is 0.261. The largest absolute Gasteiger partial charge is 0.378 e. The molecule has 0 atom stereocenters. The minimum Gasteiger partial charge on any atom is -0.378 e. The van der Waals surface area contributed by atoms with Crippen LogP contribution in [0.2, 0.25) is 0 Å². The first-order valence-electron chi connectivity index (χ1n) is 5.31. The van der Waals surface area contributed by atoms with Gasteiger partial charge in [-0.1, -0.05) is 0 Å². The lowest BCUT2D eigenvalue weighted by Gasteiger charge is -2.07. The van der Waals surface area contributed by atoms with E-state index in [0.29, 0.717) is 6.54 Å². The molecule has 0 fully saturated rings. The van der Waals surface area contributed by atoms with Gasteiger partial charge in [0.25, 0.3) is 0 Å². The summed E-state index contributed by atoms with van der Waals surface area (Å²) in [6.07, 6.45) is 1.74. The van der Waals surface area contributed by atoms with Gasteiger partial charge in [0.2, 0.25) is 5.91 Å². The number of primary amides is 1. The van der Waals surface area contributed by atoms with E-state index in [1.54, 1.807) is 6.20 Å². The van der Waals surface area contributed by atoms with E-state index in [1.165, 1.54) is 29.5 Å². The van der Waals surface area contributed by atoms with Gasteiger partial charge < -0.3 is 11.1 Å². The normalized spacial score (nSPS) is 10.3. The zero-order valence-electron chi connectivity index (χ0n) is 9.74. The standard InChI is InChI=1S/C12H12FN3OS/c1-7-15-5-9(18-7)6-16-11-4-8(12(14)17)2-3-10(11)13/h2-5,16H,6H2,1H3,(H2,14,17). The molecular formula is C12H12FN3OS.